The highest BCUT2D eigenvalue weighted by atomic mass is 16.5. The number of hydrogen-bond donors (Lipinski definition) is 2. The van der Waals surface area contributed by atoms with Crippen molar-refractivity contribution >= 4 is 17.5 Å². The van der Waals surface area contributed by atoms with Gasteiger partial charge in [-0.3, -0.25) is 9.59 Å². The van der Waals surface area contributed by atoms with Gasteiger partial charge in [0.25, 0.3) is 5.91 Å². The van der Waals surface area contributed by atoms with E-state index in [2.05, 4.69) is 10.5 Å². The number of nitrogens with two attached hydrogens (primary N) is 1. The van der Waals surface area contributed by atoms with Crippen LogP contribution in [0.1, 0.15) is 23.0 Å². The first-order valence-corrected chi connectivity index (χ1v) is 6.46. The summed E-state index contributed by atoms with van der Waals surface area (Å²) < 4.78 is 10.3. The van der Waals surface area contributed by atoms with Crippen LogP contribution in [0.25, 0.3) is 0 Å². The van der Waals surface area contributed by atoms with Crippen molar-refractivity contribution in [3.8, 4) is 5.75 Å². The summed E-state index contributed by atoms with van der Waals surface area (Å²) in [6, 6.07) is 10.1. The topological polar surface area (TPSA) is 107 Å². The number of benzene rings is 1. The lowest BCUT2D eigenvalue weighted by Gasteiger charge is -2.09. The minimum Gasteiger partial charge on any atom is -0.483 e. The van der Waals surface area contributed by atoms with E-state index in [1.54, 1.807) is 37.3 Å². The number of hydrogen-bond acceptors (Lipinski definition) is 5. The molecule has 0 atom stereocenters. The summed E-state index contributed by atoms with van der Waals surface area (Å²) in [6.07, 6.45) is 1.40. The summed E-state index contributed by atoms with van der Waals surface area (Å²) in [4.78, 5) is 22.5. The van der Waals surface area contributed by atoms with Crippen molar-refractivity contribution < 1.29 is 18.7 Å². The minimum absolute atomic E-state index is 0.162. The quantitative estimate of drug-likeness (QED) is 0.619. The molecule has 0 saturated carbocycles. The number of carbonyl (C=O) groups is 2. The number of furan rings is 1. The first kappa shape index (κ1) is 15.3. The van der Waals surface area contributed by atoms with Crippen LogP contribution in [0.2, 0.25) is 0 Å². The fourth-order valence-corrected chi connectivity index (χ4v) is 1.70. The molecule has 7 heteroatoms. The molecule has 2 aromatic rings. The molecule has 0 saturated heterocycles. The largest absolute Gasteiger partial charge is 0.483 e. The normalized spacial score (nSPS) is 11.0. The van der Waals surface area contributed by atoms with E-state index in [1.807, 2.05) is 0 Å². The van der Waals surface area contributed by atoms with E-state index in [9.17, 15) is 9.59 Å². The third kappa shape index (κ3) is 3.95. The second kappa shape index (κ2) is 7.07. The van der Waals surface area contributed by atoms with Crippen molar-refractivity contribution in [2.45, 2.75) is 6.92 Å². The number of nitrogens with zero attached hydrogens (tertiary/aromatic N) is 1. The number of carbonyl (C=O) groups excluding carboxylic acids is 2. The van der Waals surface area contributed by atoms with E-state index in [-0.39, 0.29) is 12.4 Å². The van der Waals surface area contributed by atoms with Crippen LogP contribution in [0.15, 0.2) is 52.2 Å². The molecule has 3 N–H and O–H groups in total. The Morgan fingerprint density at radius 2 is 2.05 bits per heavy atom. The van der Waals surface area contributed by atoms with Crippen LogP contribution in [-0.4, -0.2) is 24.1 Å². The molecule has 22 heavy (non-hydrogen) atoms. The Kier molecular flexibility index (Phi) is 4.92. The lowest BCUT2D eigenvalue weighted by atomic mass is 10.1. The van der Waals surface area contributed by atoms with E-state index in [0.717, 1.165) is 0 Å². The van der Waals surface area contributed by atoms with Gasteiger partial charge in [0.2, 0.25) is 0 Å². The number of hydrazone groups is 1. The highest BCUT2D eigenvalue weighted by Crippen LogP contribution is 2.18. The molecular formula is C15H15N3O4. The third-order valence-corrected chi connectivity index (χ3v) is 2.72. The predicted octanol–water partition coefficient (Wildman–Crippen LogP) is 1.30. The monoisotopic (exact) mass is 301 g/mol. The van der Waals surface area contributed by atoms with Crippen molar-refractivity contribution in [1.82, 2.24) is 5.43 Å². The van der Waals surface area contributed by atoms with Crippen LogP contribution in [0.5, 0.6) is 5.75 Å². The summed E-state index contributed by atoms with van der Waals surface area (Å²) in [5, 5.41) is 4.00. The van der Waals surface area contributed by atoms with E-state index in [4.69, 9.17) is 14.9 Å². The van der Waals surface area contributed by atoms with Crippen LogP contribution in [0.4, 0.5) is 0 Å². The SMILES string of the molecule is C/C(=N/NC(=O)c1ccco1)c1ccccc1OCC(N)=O. The summed E-state index contributed by atoms with van der Waals surface area (Å²) in [7, 11) is 0. The maximum Gasteiger partial charge on any atom is 0.307 e. The molecule has 1 aromatic carbocycles. The van der Waals surface area contributed by atoms with Crippen molar-refractivity contribution in [2.24, 2.45) is 10.8 Å². The zero-order valence-corrected chi connectivity index (χ0v) is 11.9. The molecule has 0 aliphatic carbocycles. The fourth-order valence-electron chi connectivity index (χ4n) is 1.70. The summed E-state index contributed by atoms with van der Waals surface area (Å²) in [5.74, 6) is -0.417. The van der Waals surface area contributed by atoms with Gasteiger partial charge in [0.05, 0.1) is 12.0 Å². The Labute approximate surface area is 126 Å². The van der Waals surface area contributed by atoms with Crippen molar-refractivity contribution in [2.75, 3.05) is 6.61 Å². The Morgan fingerprint density at radius 1 is 1.27 bits per heavy atom. The lowest BCUT2D eigenvalue weighted by molar-refractivity contribution is -0.119. The van der Waals surface area contributed by atoms with Crippen LogP contribution < -0.4 is 15.9 Å². The molecule has 0 aliphatic heterocycles. The van der Waals surface area contributed by atoms with Crippen LogP contribution in [-0.2, 0) is 4.79 Å². The fraction of sp³-hybridized carbons (Fsp3) is 0.133. The molecule has 1 heterocycles. The molecule has 2 rings (SSSR count). The molecule has 1 aromatic heterocycles. The van der Waals surface area contributed by atoms with Gasteiger partial charge in [0.15, 0.2) is 12.4 Å². The zero-order chi connectivity index (χ0) is 15.9. The molecule has 0 aliphatic rings. The maximum atomic E-state index is 11.7. The second-order valence-corrected chi connectivity index (χ2v) is 4.37. The Hall–Kier alpha value is -3.09. The van der Waals surface area contributed by atoms with Crippen LogP contribution in [0.3, 0.4) is 0 Å². The lowest BCUT2D eigenvalue weighted by Crippen LogP contribution is -2.21. The van der Waals surface area contributed by atoms with Crippen molar-refractivity contribution in [3.05, 3.63) is 54.0 Å². The van der Waals surface area contributed by atoms with Gasteiger partial charge in [-0.25, -0.2) is 5.43 Å². The van der Waals surface area contributed by atoms with E-state index in [1.165, 1.54) is 12.3 Å². The number of primary amides is 1. The smallest absolute Gasteiger partial charge is 0.307 e. The second-order valence-electron chi connectivity index (χ2n) is 4.37. The minimum atomic E-state index is -0.574. The number of amides is 2. The first-order chi connectivity index (χ1) is 10.6. The third-order valence-electron chi connectivity index (χ3n) is 2.72. The van der Waals surface area contributed by atoms with Crippen LogP contribution >= 0.6 is 0 Å². The molecule has 0 fully saturated rings. The van der Waals surface area contributed by atoms with Gasteiger partial charge in [0.1, 0.15) is 5.75 Å². The van der Waals surface area contributed by atoms with Gasteiger partial charge in [-0.15, -0.1) is 0 Å². The van der Waals surface area contributed by atoms with Gasteiger partial charge in [0, 0.05) is 5.56 Å². The van der Waals surface area contributed by atoms with Gasteiger partial charge >= 0.3 is 5.91 Å². The molecule has 114 valence electrons. The van der Waals surface area contributed by atoms with Crippen LogP contribution in [0, 0.1) is 0 Å². The standard InChI is InChI=1S/C15H15N3O4/c1-10(17-18-15(20)13-7-4-8-21-13)11-5-2-3-6-12(11)22-9-14(16)19/h2-8H,9H2,1H3,(H2,16,19)(H,18,20)/b17-10-. The van der Waals surface area contributed by atoms with Crippen molar-refractivity contribution in [3.63, 3.8) is 0 Å². The Balaban J connectivity index is 2.11. The highest BCUT2D eigenvalue weighted by molar-refractivity contribution is 6.02. The summed E-state index contributed by atoms with van der Waals surface area (Å²) >= 11 is 0. The predicted molar refractivity (Wildman–Crippen MR) is 79.5 cm³/mol. The van der Waals surface area contributed by atoms with Gasteiger partial charge in [-0.2, -0.15) is 5.10 Å². The van der Waals surface area contributed by atoms with Crippen molar-refractivity contribution in [1.29, 1.82) is 0 Å². The first-order valence-electron chi connectivity index (χ1n) is 6.46. The number of nitrogens with one attached hydrogen (secondary N) is 1. The zero-order valence-electron chi connectivity index (χ0n) is 11.9. The van der Waals surface area contributed by atoms with Gasteiger partial charge in [-0.1, -0.05) is 12.1 Å². The Morgan fingerprint density at radius 3 is 2.73 bits per heavy atom. The average molecular weight is 301 g/mol. The van der Waals surface area contributed by atoms with E-state index >= 15 is 0 Å². The number of para-hydroxylation sites is 1. The molecular weight excluding hydrogens is 286 g/mol. The molecule has 0 bridgehead atoms. The average Bonchev–Trinajstić information content (AvgIpc) is 3.05. The van der Waals surface area contributed by atoms with Gasteiger partial charge < -0.3 is 14.9 Å². The molecule has 0 spiro atoms. The number of ether oxygens (including phenoxy) is 1. The molecule has 0 unspecified atom stereocenters. The number of rotatable bonds is 6. The highest BCUT2D eigenvalue weighted by Gasteiger charge is 2.10. The summed E-state index contributed by atoms with van der Waals surface area (Å²) in [5.41, 5.74) is 8.60. The summed E-state index contributed by atoms with van der Waals surface area (Å²) in [6.45, 7) is 1.47. The molecule has 2 amide bonds. The molecule has 7 nitrogen and oxygen atoms in total. The van der Waals surface area contributed by atoms with Gasteiger partial charge in [-0.05, 0) is 31.2 Å². The maximum absolute atomic E-state index is 11.7. The molecule has 0 radical (unpaired) electrons. The van der Waals surface area contributed by atoms with E-state index in [0.29, 0.717) is 17.0 Å². The van der Waals surface area contributed by atoms with E-state index < -0.39 is 11.8 Å². The Bertz CT molecular complexity index is 693.